The van der Waals surface area contributed by atoms with E-state index in [1.807, 2.05) is 5.32 Å². The third-order valence-corrected chi connectivity index (χ3v) is 1.95. The van der Waals surface area contributed by atoms with E-state index in [0.29, 0.717) is 0 Å². The number of halogens is 3. The van der Waals surface area contributed by atoms with Crippen molar-refractivity contribution in [1.29, 1.82) is 0 Å². The standard InChI is InChI=1S/C6H8F3NO/c1-10-4(11)5(2-3-5)6(7,8)9/h2-3H2,1H3,(H,10,11). The minimum atomic E-state index is -4.38. The molecule has 64 valence electrons. The fourth-order valence-corrected chi connectivity index (χ4v) is 1.00. The molecule has 1 rings (SSSR count). The molecule has 0 aromatic heterocycles. The topological polar surface area (TPSA) is 29.1 Å². The lowest BCUT2D eigenvalue weighted by atomic mass is 10.1. The third-order valence-electron chi connectivity index (χ3n) is 1.95. The molecule has 0 saturated heterocycles. The van der Waals surface area contributed by atoms with Gasteiger partial charge in [0.05, 0.1) is 0 Å². The van der Waals surface area contributed by atoms with Gasteiger partial charge in [0, 0.05) is 7.05 Å². The fraction of sp³-hybridized carbons (Fsp3) is 0.833. The maximum Gasteiger partial charge on any atom is 0.403 e. The van der Waals surface area contributed by atoms with E-state index in [-0.39, 0.29) is 12.8 Å². The van der Waals surface area contributed by atoms with Gasteiger partial charge in [-0.2, -0.15) is 13.2 Å². The Morgan fingerprint density at radius 2 is 1.91 bits per heavy atom. The lowest BCUT2D eigenvalue weighted by molar-refractivity contribution is -0.191. The minimum absolute atomic E-state index is 0.0732. The summed E-state index contributed by atoms with van der Waals surface area (Å²) in [5.41, 5.74) is -2.05. The van der Waals surface area contributed by atoms with Crippen LogP contribution in [-0.4, -0.2) is 19.1 Å². The second kappa shape index (κ2) is 2.12. The van der Waals surface area contributed by atoms with Gasteiger partial charge in [-0.3, -0.25) is 4.79 Å². The van der Waals surface area contributed by atoms with E-state index < -0.39 is 17.5 Å². The molecule has 0 aromatic carbocycles. The summed E-state index contributed by atoms with van der Waals surface area (Å²) in [5.74, 6) is -0.912. The first kappa shape index (κ1) is 8.36. The van der Waals surface area contributed by atoms with E-state index in [2.05, 4.69) is 0 Å². The van der Waals surface area contributed by atoms with Crippen molar-refractivity contribution in [3.8, 4) is 0 Å². The van der Waals surface area contributed by atoms with Gasteiger partial charge < -0.3 is 5.32 Å². The molecule has 2 nitrogen and oxygen atoms in total. The van der Waals surface area contributed by atoms with E-state index in [1.165, 1.54) is 7.05 Å². The quantitative estimate of drug-likeness (QED) is 0.622. The number of carbonyl (C=O) groups excluding carboxylic acids is 1. The predicted octanol–water partition coefficient (Wildman–Crippen LogP) is 1.07. The van der Waals surface area contributed by atoms with Crippen LogP contribution in [0.2, 0.25) is 0 Å². The first-order chi connectivity index (χ1) is 4.94. The Balaban J connectivity index is 2.76. The van der Waals surface area contributed by atoms with Gasteiger partial charge >= 0.3 is 6.18 Å². The van der Waals surface area contributed by atoms with Gasteiger partial charge in [0.15, 0.2) is 0 Å². The smallest absolute Gasteiger partial charge is 0.358 e. The maximum absolute atomic E-state index is 12.1. The highest BCUT2D eigenvalue weighted by Crippen LogP contribution is 2.57. The van der Waals surface area contributed by atoms with Crippen LogP contribution in [0.15, 0.2) is 0 Å². The Kier molecular flexibility index (Phi) is 1.61. The lowest BCUT2D eigenvalue weighted by Gasteiger charge is -2.16. The Bertz CT molecular complexity index is 183. The van der Waals surface area contributed by atoms with Gasteiger partial charge in [-0.1, -0.05) is 0 Å². The maximum atomic E-state index is 12.1. The Morgan fingerprint density at radius 3 is 2.00 bits per heavy atom. The number of hydrogen-bond acceptors (Lipinski definition) is 1. The number of nitrogens with one attached hydrogen (secondary N) is 1. The van der Waals surface area contributed by atoms with Crippen LogP contribution < -0.4 is 5.32 Å². The van der Waals surface area contributed by atoms with Crippen LogP contribution in [0.3, 0.4) is 0 Å². The van der Waals surface area contributed by atoms with Crippen molar-refractivity contribution in [3.63, 3.8) is 0 Å². The number of carbonyl (C=O) groups is 1. The van der Waals surface area contributed by atoms with Gasteiger partial charge in [0.25, 0.3) is 0 Å². The van der Waals surface area contributed by atoms with E-state index in [4.69, 9.17) is 0 Å². The first-order valence-corrected chi connectivity index (χ1v) is 3.23. The molecule has 0 aromatic rings. The summed E-state index contributed by atoms with van der Waals surface area (Å²) in [4.78, 5) is 10.7. The Morgan fingerprint density at radius 1 is 1.45 bits per heavy atom. The summed E-state index contributed by atoms with van der Waals surface area (Å²) in [6.07, 6.45) is -4.53. The zero-order valence-corrected chi connectivity index (χ0v) is 5.96. The summed E-state index contributed by atoms with van der Waals surface area (Å²) >= 11 is 0. The zero-order chi connectivity index (χ0) is 8.70. The van der Waals surface area contributed by atoms with Crippen LogP contribution in [0.4, 0.5) is 13.2 Å². The highest BCUT2D eigenvalue weighted by atomic mass is 19.4. The molecule has 11 heavy (non-hydrogen) atoms. The van der Waals surface area contributed by atoms with Crippen molar-refractivity contribution >= 4 is 5.91 Å². The molecule has 1 aliphatic carbocycles. The molecule has 0 spiro atoms. The van der Waals surface area contributed by atoms with Gasteiger partial charge in [0.1, 0.15) is 5.41 Å². The molecule has 1 saturated carbocycles. The monoisotopic (exact) mass is 167 g/mol. The molecule has 0 bridgehead atoms. The van der Waals surface area contributed by atoms with Gasteiger partial charge in [-0.15, -0.1) is 0 Å². The predicted molar refractivity (Wildman–Crippen MR) is 31.8 cm³/mol. The normalized spacial score (nSPS) is 21.1. The van der Waals surface area contributed by atoms with Crippen molar-refractivity contribution in [2.24, 2.45) is 5.41 Å². The van der Waals surface area contributed by atoms with Crippen molar-refractivity contribution in [2.45, 2.75) is 19.0 Å². The molecule has 0 unspecified atom stereocenters. The Labute approximate surface area is 61.8 Å². The SMILES string of the molecule is CNC(=O)C1(C(F)(F)F)CC1. The molecule has 1 fully saturated rings. The van der Waals surface area contributed by atoms with Crippen LogP contribution >= 0.6 is 0 Å². The molecule has 0 heterocycles. The third kappa shape index (κ3) is 1.08. The number of rotatable bonds is 1. The summed E-state index contributed by atoms with van der Waals surface area (Å²) in [7, 11) is 1.22. The molecule has 1 N–H and O–H groups in total. The average molecular weight is 167 g/mol. The zero-order valence-electron chi connectivity index (χ0n) is 5.96. The van der Waals surface area contributed by atoms with E-state index >= 15 is 0 Å². The average Bonchev–Trinajstić information content (AvgIpc) is 2.63. The molecule has 5 heteroatoms. The van der Waals surface area contributed by atoms with Crippen LogP contribution in [0.25, 0.3) is 0 Å². The van der Waals surface area contributed by atoms with Crippen molar-refractivity contribution in [2.75, 3.05) is 7.05 Å². The van der Waals surface area contributed by atoms with Crippen LogP contribution in [0.5, 0.6) is 0 Å². The molecular formula is C6H8F3NO. The molecule has 0 atom stereocenters. The fourth-order valence-electron chi connectivity index (χ4n) is 1.00. The summed E-state index contributed by atoms with van der Waals surface area (Å²) < 4.78 is 36.2. The number of alkyl halides is 3. The van der Waals surface area contributed by atoms with E-state index in [1.54, 1.807) is 0 Å². The van der Waals surface area contributed by atoms with E-state index in [9.17, 15) is 18.0 Å². The second-order valence-electron chi connectivity index (χ2n) is 2.66. The summed E-state index contributed by atoms with van der Waals surface area (Å²) in [6.45, 7) is 0. The molecule has 1 amide bonds. The van der Waals surface area contributed by atoms with Crippen LogP contribution in [0.1, 0.15) is 12.8 Å². The van der Waals surface area contributed by atoms with E-state index in [0.717, 1.165) is 0 Å². The van der Waals surface area contributed by atoms with Crippen LogP contribution in [0, 0.1) is 5.41 Å². The number of amides is 1. The highest BCUT2D eigenvalue weighted by Gasteiger charge is 2.68. The van der Waals surface area contributed by atoms with Crippen molar-refractivity contribution < 1.29 is 18.0 Å². The summed E-state index contributed by atoms with van der Waals surface area (Å²) in [5, 5.41) is 2.02. The molecular weight excluding hydrogens is 159 g/mol. The molecule has 0 radical (unpaired) electrons. The number of hydrogen-bond donors (Lipinski definition) is 1. The summed E-state index contributed by atoms with van der Waals surface area (Å²) in [6, 6.07) is 0. The highest BCUT2D eigenvalue weighted by molar-refractivity contribution is 5.85. The molecule has 0 aliphatic heterocycles. The second-order valence-corrected chi connectivity index (χ2v) is 2.66. The van der Waals surface area contributed by atoms with Crippen molar-refractivity contribution in [3.05, 3.63) is 0 Å². The van der Waals surface area contributed by atoms with Gasteiger partial charge in [-0.05, 0) is 12.8 Å². The van der Waals surface area contributed by atoms with Crippen LogP contribution in [-0.2, 0) is 4.79 Å². The Hall–Kier alpha value is -0.740. The van der Waals surface area contributed by atoms with Gasteiger partial charge in [-0.25, -0.2) is 0 Å². The molecule has 1 aliphatic rings. The minimum Gasteiger partial charge on any atom is -0.358 e. The van der Waals surface area contributed by atoms with Crippen molar-refractivity contribution in [1.82, 2.24) is 5.32 Å². The first-order valence-electron chi connectivity index (χ1n) is 3.23. The largest absolute Gasteiger partial charge is 0.403 e. The van der Waals surface area contributed by atoms with Gasteiger partial charge in [0.2, 0.25) is 5.91 Å². The lowest BCUT2D eigenvalue weighted by Crippen LogP contribution is -2.39.